The highest BCUT2D eigenvalue weighted by Crippen LogP contribution is 2.17. The van der Waals surface area contributed by atoms with Gasteiger partial charge in [-0.1, -0.05) is 22.0 Å². The number of ether oxygens (including phenoxy) is 1. The quantitative estimate of drug-likeness (QED) is 0.759. The molecule has 0 aliphatic heterocycles. The smallest absolute Gasteiger partial charge is 0.338 e. The van der Waals surface area contributed by atoms with Gasteiger partial charge in [-0.05, 0) is 38.5 Å². The van der Waals surface area contributed by atoms with E-state index in [2.05, 4.69) is 15.9 Å². The topological polar surface area (TPSA) is 26.3 Å². The van der Waals surface area contributed by atoms with E-state index in [1.54, 1.807) is 6.07 Å². The summed E-state index contributed by atoms with van der Waals surface area (Å²) in [6, 6.07) is 5.57. The summed E-state index contributed by atoms with van der Waals surface area (Å²) >= 11 is 3.32. The first kappa shape index (κ1) is 11.2. The van der Waals surface area contributed by atoms with Gasteiger partial charge >= 0.3 is 5.97 Å². The first-order valence-corrected chi connectivity index (χ1v) is 5.27. The minimum Gasteiger partial charge on any atom is -0.459 e. The summed E-state index contributed by atoms with van der Waals surface area (Å²) in [5.74, 6) is -0.265. The van der Waals surface area contributed by atoms with Gasteiger partial charge in [-0.3, -0.25) is 0 Å². The Morgan fingerprint density at radius 1 is 1.43 bits per heavy atom. The Kier molecular flexibility index (Phi) is 3.69. The normalized spacial score (nSPS) is 10.4. The minimum atomic E-state index is -0.265. The lowest BCUT2D eigenvalue weighted by molar-refractivity contribution is 0.0377. The van der Waals surface area contributed by atoms with Gasteiger partial charge in [0.15, 0.2) is 0 Å². The van der Waals surface area contributed by atoms with E-state index in [-0.39, 0.29) is 12.1 Å². The standard InChI is InChI=1S/C11H13BrO2/c1-7(2)14-11(13)10-6-9(12)5-4-8(10)3/h4-7H,1-3H3. The van der Waals surface area contributed by atoms with Crippen LogP contribution in [0, 0.1) is 6.92 Å². The number of carbonyl (C=O) groups is 1. The van der Waals surface area contributed by atoms with Gasteiger partial charge in [-0.2, -0.15) is 0 Å². The zero-order valence-electron chi connectivity index (χ0n) is 8.50. The molecule has 3 heteroatoms. The van der Waals surface area contributed by atoms with Crippen LogP contribution in [0.3, 0.4) is 0 Å². The van der Waals surface area contributed by atoms with Crippen LogP contribution in [0.15, 0.2) is 22.7 Å². The first-order valence-electron chi connectivity index (χ1n) is 4.48. The van der Waals surface area contributed by atoms with Crippen molar-refractivity contribution in [3.8, 4) is 0 Å². The fourth-order valence-electron chi connectivity index (χ4n) is 1.09. The lowest BCUT2D eigenvalue weighted by Gasteiger charge is -2.09. The molecule has 0 heterocycles. The molecule has 0 saturated carbocycles. The van der Waals surface area contributed by atoms with Crippen molar-refractivity contribution in [2.24, 2.45) is 0 Å². The maximum atomic E-state index is 11.6. The van der Waals surface area contributed by atoms with Crippen LogP contribution in [-0.2, 0) is 4.74 Å². The summed E-state index contributed by atoms with van der Waals surface area (Å²) in [6.45, 7) is 5.57. The lowest BCUT2D eigenvalue weighted by atomic mass is 10.1. The summed E-state index contributed by atoms with van der Waals surface area (Å²) in [4.78, 5) is 11.6. The highest BCUT2D eigenvalue weighted by molar-refractivity contribution is 9.10. The SMILES string of the molecule is Cc1ccc(Br)cc1C(=O)OC(C)C. The van der Waals surface area contributed by atoms with Gasteiger partial charge in [-0.15, -0.1) is 0 Å². The Bertz CT molecular complexity index is 345. The van der Waals surface area contributed by atoms with E-state index in [1.165, 1.54) is 0 Å². The highest BCUT2D eigenvalue weighted by atomic mass is 79.9. The Balaban J connectivity index is 2.94. The summed E-state index contributed by atoms with van der Waals surface area (Å²) in [5, 5.41) is 0. The van der Waals surface area contributed by atoms with Crippen molar-refractivity contribution < 1.29 is 9.53 Å². The molecule has 0 amide bonds. The van der Waals surface area contributed by atoms with E-state index in [0.29, 0.717) is 5.56 Å². The maximum absolute atomic E-state index is 11.6. The third-order valence-electron chi connectivity index (χ3n) is 1.76. The molecule has 1 aromatic carbocycles. The van der Waals surface area contributed by atoms with Gasteiger partial charge in [0.25, 0.3) is 0 Å². The second-order valence-corrected chi connectivity index (χ2v) is 4.33. The van der Waals surface area contributed by atoms with E-state index < -0.39 is 0 Å². The van der Waals surface area contributed by atoms with Gasteiger partial charge in [0.2, 0.25) is 0 Å². The molecule has 2 nitrogen and oxygen atoms in total. The van der Waals surface area contributed by atoms with Crippen LogP contribution >= 0.6 is 15.9 Å². The molecule has 0 atom stereocenters. The molecule has 0 spiro atoms. The third kappa shape index (κ3) is 2.84. The monoisotopic (exact) mass is 256 g/mol. The molecule has 0 radical (unpaired) electrons. The first-order chi connectivity index (χ1) is 6.50. The molecule has 1 rings (SSSR count). The number of hydrogen-bond donors (Lipinski definition) is 0. The average molecular weight is 257 g/mol. The van der Waals surface area contributed by atoms with E-state index in [9.17, 15) is 4.79 Å². The molecule has 0 unspecified atom stereocenters. The number of carbonyl (C=O) groups excluding carboxylic acids is 1. The molecule has 14 heavy (non-hydrogen) atoms. The molecule has 0 fully saturated rings. The van der Waals surface area contributed by atoms with Crippen LogP contribution < -0.4 is 0 Å². The summed E-state index contributed by atoms with van der Waals surface area (Å²) in [5.41, 5.74) is 1.55. The second kappa shape index (κ2) is 4.60. The molecule has 1 aromatic rings. The molecule has 0 aliphatic rings. The Hall–Kier alpha value is -0.830. The van der Waals surface area contributed by atoms with Gasteiger partial charge in [0.05, 0.1) is 11.7 Å². The van der Waals surface area contributed by atoms with Crippen molar-refractivity contribution in [2.75, 3.05) is 0 Å². The molecule has 76 valence electrons. The average Bonchev–Trinajstić information content (AvgIpc) is 2.08. The van der Waals surface area contributed by atoms with Crippen molar-refractivity contribution in [1.82, 2.24) is 0 Å². The van der Waals surface area contributed by atoms with Gasteiger partial charge in [0, 0.05) is 4.47 Å². The molecule has 0 bridgehead atoms. The second-order valence-electron chi connectivity index (χ2n) is 3.41. The Labute approximate surface area is 92.4 Å². The van der Waals surface area contributed by atoms with Gasteiger partial charge in [0.1, 0.15) is 0 Å². The van der Waals surface area contributed by atoms with E-state index >= 15 is 0 Å². The molecular formula is C11H13BrO2. The van der Waals surface area contributed by atoms with Crippen molar-refractivity contribution in [2.45, 2.75) is 26.9 Å². The van der Waals surface area contributed by atoms with Crippen molar-refractivity contribution in [3.05, 3.63) is 33.8 Å². The lowest BCUT2D eigenvalue weighted by Crippen LogP contribution is -2.12. The zero-order valence-corrected chi connectivity index (χ0v) is 10.1. The Morgan fingerprint density at radius 3 is 2.64 bits per heavy atom. The summed E-state index contributed by atoms with van der Waals surface area (Å²) in [6.07, 6.45) is -0.0825. The number of esters is 1. The molecule has 0 aromatic heterocycles. The number of benzene rings is 1. The fraction of sp³-hybridized carbons (Fsp3) is 0.364. The molecule has 0 aliphatic carbocycles. The molecular weight excluding hydrogens is 244 g/mol. The third-order valence-corrected chi connectivity index (χ3v) is 2.26. The van der Waals surface area contributed by atoms with E-state index in [1.807, 2.05) is 32.9 Å². The van der Waals surface area contributed by atoms with Crippen LogP contribution in [0.1, 0.15) is 29.8 Å². The minimum absolute atomic E-state index is 0.0825. The number of halogens is 1. The van der Waals surface area contributed by atoms with Crippen molar-refractivity contribution in [1.29, 1.82) is 0 Å². The van der Waals surface area contributed by atoms with Gasteiger partial charge < -0.3 is 4.74 Å². The maximum Gasteiger partial charge on any atom is 0.338 e. The zero-order chi connectivity index (χ0) is 10.7. The van der Waals surface area contributed by atoms with Gasteiger partial charge in [-0.25, -0.2) is 4.79 Å². The molecule has 0 saturated heterocycles. The number of rotatable bonds is 2. The fourth-order valence-corrected chi connectivity index (χ4v) is 1.45. The van der Waals surface area contributed by atoms with Crippen LogP contribution in [0.4, 0.5) is 0 Å². The Morgan fingerprint density at radius 2 is 2.07 bits per heavy atom. The highest BCUT2D eigenvalue weighted by Gasteiger charge is 2.11. The van der Waals surface area contributed by atoms with Crippen molar-refractivity contribution in [3.63, 3.8) is 0 Å². The van der Waals surface area contributed by atoms with Crippen LogP contribution in [-0.4, -0.2) is 12.1 Å². The van der Waals surface area contributed by atoms with Crippen molar-refractivity contribution >= 4 is 21.9 Å². The number of hydrogen-bond acceptors (Lipinski definition) is 2. The predicted octanol–water partition coefficient (Wildman–Crippen LogP) is 3.32. The summed E-state index contributed by atoms with van der Waals surface area (Å²) < 4.78 is 6.00. The number of aryl methyl sites for hydroxylation is 1. The largest absolute Gasteiger partial charge is 0.459 e. The van der Waals surface area contributed by atoms with Crippen LogP contribution in [0.5, 0.6) is 0 Å². The van der Waals surface area contributed by atoms with E-state index in [0.717, 1.165) is 10.0 Å². The van der Waals surface area contributed by atoms with Crippen LogP contribution in [0.2, 0.25) is 0 Å². The summed E-state index contributed by atoms with van der Waals surface area (Å²) in [7, 11) is 0. The predicted molar refractivity (Wildman–Crippen MR) is 59.4 cm³/mol. The van der Waals surface area contributed by atoms with E-state index in [4.69, 9.17) is 4.74 Å². The van der Waals surface area contributed by atoms with Crippen LogP contribution in [0.25, 0.3) is 0 Å². The molecule has 0 N–H and O–H groups in total.